The summed E-state index contributed by atoms with van der Waals surface area (Å²) in [7, 11) is 0. The van der Waals surface area contributed by atoms with Crippen LogP contribution >= 0.6 is 12.2 Å². The first-order valence-electron chi connectivity index (χ1n) is 8.63. The molecule has 0 saturated carbocycles. The smallest absolute Gasteiger partial charge is 0.170 e. The zero-order valence-corrected chi connectivity index (χ0v) is 15.5. The molecule has 0 aliphatic heterocycles. The highest BCUT2D eigenvalue weighted by Gasteiger charge is 2.08. The molecule has 2 rings (SSSR count). The summed E-state index contributed by atoms with van der Waals surface area (Å²) in [6.45, 7) is 7.22. The molecule has 2 aromatic carbocycles. The molecule has 3 nitrogen and oxygen atoms in total. The maximum atomic E-state index is 5.47. The van der Waals surface area contributed by atoms with Gasteiger partial charge in [-0.2, -0.15) is 0 Å². The maximum absolute atomic E-state index is 5.47. The summed E-state index contributed by atoms with van der Waals surface area (Å²) in [5, 5.41) is 7.18. The minimum Gasteiger partial charge on any atom is -0.490 e. The molecule has 0 aliphatic rings. The van der Waals surface area contributed by atoms with E-state index in [1.54, 1.807) is 6.08 Å². The van der Waals surface area contributed by atoms with E-state index in [9.17, 15) is 0 Å². The summed E-state index contributed by atoms with van der Waals surface area (Å²) < 4.78 is 5.47. The van der Waals surface area contributed by atoms with Crippen molar-refractivity contribution in [2.45, 2.75) is 19.8 Å². The van der Waals surface area contributed by atoms with Crippen LogP contribution in [0.1, 0.15) is 18.9 Å². The zero-order valence-electron chi connectivity index (χ0n) is 14.7. The number of hydrogen-bond donors (Lipinski definition) is 2. The lowest BCUT2D eigenvalue weighted by Crippen LogP contribution is -2.33. The van der Waals surface area contributed by atoms with Crippen LogP contribution in [0.15, 0.2) is 67.3 Å². The molecule has 25 heavy (non-hydrogen) atoms. The summed E-state index contributed by atoms with van der Waals surface area (Å²) in [5.41, 5.74) is 2.31. The van der Waals surface area contributed by atoms with Crippen molar-refractivity contribution in [1.82, 2.24) is 5.32 Å². The number of hydrogen-bond acceptors (Lipinski definition) is 2. The van der Waals surface area contributed by atoms with Gasteiger partial charge in [-0.05, 0) is 54.4 Å². The molecule has 4 heteroatoms. The van der Waals surface area contributed by atoms with E-state index < -0.39 is 0 Å². The van der Waals surface area contributed by atoms with Gasteiger partial charge in [-0.1, -0.05) is 56.3 Å². The molecule has 2 aromatic rings. The average Bonchev–Trinajstić information content (AvgIpc) is 2.65. The minimum atomic E-state index is 0.507. The van der Waals surface area contributed by atoms with Crippen LogP contribution in [0.3, 0.4) is 0 Å². The number of ether oxygens (including phenoxy) is 1. The van der Waals surface area contributed by atoms with Gasteiger partial charge in [-0.15, -0.1) is 0 Å². The Bertz CT molecular complexity index is 655. The second-order valence-corrected chi connectivity index (χ2v) is 6.33. The van der Waals surface area contributed by atoms with Gasteiger partial charge in [0.05, 0.1) is 0 Å². The highest BCUT2D eigenvalue weighted by atomic mass is 32.1. The second kappa shape index (κ2) is 10.5. The molecule has 132 valence electrons. The van der Waals surface area contributed by atoms with Crippen LogP contribution in [-0.4, -0.2) is 18.3 Å². The quantitative estimate of drug-likeness (QED) is 0.500. The van der Waals surface area contributed by atoms with E-state index in [0.717, 1.165) is 30.8 Å². The van der Waals surface area contributed by atoms with Gasteiger partial charge < -0.3 is 15.4 Å². The van der Waals surface area contributed by atoms with E-state index in [1.807, 2.05) is 24.3 Å². The lowest BCUT2D eigenvalue weighted by molar-refractivity contribution is 0.363. The first-order valence-corrected chi connectivity index (χ1v) is 9.04. The second-order valence-electron chi connectivity index (χ2n) is 5.92. The molecule has 0 saturated heterocycles. The molecule has 0 aromatic heterocycles. The summed E-state index contributed by atoms with van der Waals surface area (Å²) in [5.74, 6) is 1.37. The Morgan fingerprint density at radius 3 is 2.52 bits per heavy atom. The first kappa shape index (κ1) is 19.0. The third kappa shape index (κ3) is 6.98. The fraction of sp³-hybridized carbons (Fsp3) is 0.286. The molecular weight excluding hydrogens is 328 g/mol. The molecule has 0 heterocycles. The Balaban J connectivity index is 1.78. The number of rotatable bonds is 9. The highest BCUT2D eigenvalue weighted by molar-refractivity contribution is 7.80. The van der Waals surface area contributed by atoms with E-state index >= 15 is 0 Å². The third-order valence-electron chi connectivity index (χ3n) is 3.98. The van der Waals surface area contributed by atoms with E-state index in [1.165, 1.54) is 5.56 Å². The molecular formula is C21H26N2OS. The summed E-state index contributed by atoms with van der Waals surface area (Å²) in [6, 6.07) is 18.3. The van der Waals surface area contributed by atoms with Gasteiger partial charge >= 0.3 is 0 Å². The molecule has 2 N–H and O–H groups in total. The van der Waals surface area contributed by atoms with Crippen LogP contribution < -0.4 is 15.4 Å². The van der Waals surface area contributed by atoms with Gasteiger partial charge in [0.15, 0.2) is 5.11 Å². The number of nitrogens with one attached hydrogen (secondary N) is 2. The molecule has 0 unspecified atom stereocenters. The number of anilines is 1. The minimum absolute atomic E-state index is 0.507. The Morgan fingerprint density at radius 1 is 1.16 bits per heavy atom. The predicted octanol–water partition coefficient (Wildman–Crippen LogP) is 4.81. The van der Waals surface area contributed by atoms with E-state index in [4.69, 9.17) is 17.0 Å². The van der Waals surface area contributed by atoms with Crippen molar-refractivity contribution in [3.8, 4) is 5.75 Å². The average molecular weight is 355 g/mol. The Labute approximate surface area is 156 Å². The standard InChI is InChI=1S/C21H26N2OS/c1-3-14-24-20-12-10-19(11-13-20)23-21(25)22-16-17(4-2)15-18-8-6-5-7-9-18/h3,5-13,17H,1,4,14-16H2,2H3,(H2,22,23,25)/t17-/m0/s1. The Kier molecular flexibility index (Phi) is 7.99. The topological polar surface area (TPSA) is 33.3 Å². The highest BCUT2D eigenvalue weighted by Crippen LogP contribution is 2.16. The van der Waals surface area contributed by atoms with Crippen LogP contribution in [0, 0.1) is 5.92 Å². The van der Waals surface area contributed by atoms with Gasteiger partial charge in [0.2, 0.25) is 0 Å². The van der Waals surface area contributed by atoms with Crippen LogP contribution in [-0.2, 0) is 6.42 Å². The third-order valence-corrected chi connectivity index (χ3v) is 4.22. The van der Waals surface area contributed by atoms with Crippen LogP contribution in [0.2, 0.25) is 0 Å². The summed E-state index contributed by atoms with van der Waals surface area (Å²) in [6.07, 6.45) is 3.90. The fourth-order valence-electron chi connectivity index (χ4n) is 2.51. The first-order chi connectivity index (χ1) is 12.2. The van der Waals surface area contributed by atoms with Crippen molar-refractivity contribution in [3.63, 3.8) is 0 Å². The molecule has 0 amide bonds. The molecule has 0 radical (unpaired) electrons. The van der Waals surface area contributed by atoms with E-state index in [2.05, 4.69) is 54.5 Å². The number of thiocarbonyl (C=S) groups is 1. The Morgan fingerprint density at radius 2 is 1.88 bits per heavy atom. The maximum Gasteiger partial charge on any atom is 0.170 e. The van der Waals surface area contributed by atoms with Gasteiger partial charge in [-0.3, -0.25) is 0 Å². The largest absolute Gasteiger partial charge is 0.490 e. The van der Waals surface area contributed by atoms with Crippen molar-refractivity contribution in [3.05, 3.63) is 72.8 Å². The van der Waals surface area contributed by atoms with Crippen LogP contribution in [0.25, 0.3) is 0 Å². The fourth-order valence-corrected chi connectivity index (χ4v) is 2.71. The molecule has 1 atom stereocenters. The SMILES string of the molecule is C=CCOc1ccc(NC(=S)NC[C@@H](CC)Cc2ccccc2)cc1. The van der Waals surface area contributed by atoms with Crippen molar-refractivity contribution >= 4 is 23.0 Å². The molecule has 0 aliphatic carbocycles. The van der Waals surface area contributed by atoms with Crippen molar-refractivity contribution in [2.24, 2.45) is 5.92 Å². The normalized spacial score (nSPS) is 11.4. The molecule has 0 fully saturated rings. The Hall–Kier alpha value is -2.33. The predicted molar refractivity (Wildman–Crippen MR) is 110 cm³/mol. The lowest BCUT2D eigenvalue weighted by Gasteiger charge is -2.18. The zero-order chi connectivity index (χ0) is 17.9. The van der Waals surface area contributed by atoms with E-state index in [-0.39, 0.29) is 0 Å². The monoisotopic (exact) mass is 354 g/mol. The molecule has 0 bridgehead atoms. The van der Waals surface area contributed by atoms with Gasteiger partial charge in [0.1, 0.15) is 12.4 Å². The van der Waals surface area contributed by atoms with Crippen LogP contribution in [0.4, 0.5) is 5.69 Å². The summed E-state index contributed by atoms with van der Waals surface area (Å²) >= 11 is 5.40. The van der Waals surface area contributed by atoms with Crippen LogP contribution in [0.5, 0.6) is 5.75 Å². The van der Waals surface area contributed by atoms with Crippen molar-refractivity contribution in [2.75, 3.05) is 18.5 Å². The van der Waals surface area contributed by atoms with Gasteiger partial charge in [0.25, 0.3) is 0 Å². The van der Waals surface area contributed by atoms with Crippen molar-refractivity contribution < 1.29 is 4.74 Å². The summed E-state index contributed by atoms with van der Waals surface area (Å²) in [4.78, 5) is 0. The van der Waals surface area contributed by atoms with Gasteiger partial charge in [-0.25, -0.2) is 0 Å². The lowest BCUT2D eigenvalue weighted by atomic mass is 9.97. The number of benzene rings is 2. The van der Waals surface area contributed by atoms with E-state index in [0.29, 0.717) is 17.6 Å². The van der Waals surface area contributed by atoms with Crippen molar-refractivity contribution in [1.29, 1.82) is 0 Å². The molecule has 0 spiro atoms. The van der Waals surface area contributed by atoms with Gasteiger partial charge in [0, 0.05) is 12.2 Å².